The Morgan fingerprint density at radius 1 is 0.929 bits per heavy atom. The van der Waals surface area contributed by atoms with Crippen molar-refractivity contribution in [3.63, 3.8) is 0 Å². The molecule has 4 N–H and O–H groups in total. The molecule has 1 aliphatic carbocycles. The van der Waals surface area contributed by atoms with Crippen molar-refractivity contribution < 1.29 is 20.4 Å². The molecule has 1 aromatic carbocycles. The molecule has 2 rings (SSSR count). The van der Waals surface area contributed by atoms with Gasteiger partial charge in [-0.25, -0.2) is 0 Å². The number of aliphatic hydroxyl groups excluding tert-OH is 4. The summed E-state index contributed by atoms with van der Waals surface area (Å²) in [6.07, 6.45) is 6.00. The van der Waals surface area contributed by atoms with Crippen molar-refractivity contribution in [3.05, 3.63) is 35.4 Å². The highest BCUT2D eigenvalue weighted by Gasteiger charge is 2.40. The number of hydrogen-bond acceptors (Lipinski definition) is 4. The van der Waals surface area contributed by atoms with E-state index in [1.54, 1.807) is 0 Å². The summed E-state index contributed by atoms with van der Waals surface area (Å²) >= 11 is 0. The third-order valence-corrected chi connectivity index (χ3v) is 5.93. The monoisotopic (exact) mass is 388 g/mol. The van der Waals surface area contributed by atoms with Gasteiger partial charge in [0.05, 0.1) is 12.2 Å². The fourth-order valence-electron chi connectivity index (χ4n) is 4.23. The van der Waals surface area contributed by atoms with Gasteiger partial charge >= 0.3 is 0 Å². The Bertz CT molecular complexity index is 616. The number of aryl methyl sites for hydroxylation is 1. The molecule has 0 aliphatic heterocycles. The second-order valence-corrected chi connectivity index (χ2v) is 8.21. The van der Waals surface area contributed by atoms with Gasteiger partial charge in [0, 0.05) is 12.2 Å². The summed E-state index contributed by atoms with van der Waals surface area (Å²) in [5.74, 6) is 6.04. The van der Waals surface area contributed by atoms with E-state index in [0.29, 0.717) is 19.3 Å². The number of unbranched alkanes of at least 4 members (excludes halogenated alkanes) is 4. The van der Waals surface area contributed by atoms with Gasteiger partial charge in [-0.05, 0) is 63.0 Å². The molecule has 4 heteroatoms. The Labute approximate surface area is 169 Å². The van der Waals surface area contributed by atoms with Crippen molar-refractivity contribution in [3.8, 4) is 11.8 Å². The first-order valence-electron chi connectivity index (χ1n) is 10.7. The Hall–Kier alpha value is -1.38. The van der Waals surface area contributed by atoms with Crippen LogP contribution in [0.4, 0.5) is 0 Å². The molecule has 0 saturated heterocycles. The fraction of sp³-hybridized carbons (Fsp3) is 0.667. The molecule has 28 heavy (non-hydrogen) atoms. The summed E-state index contributed by atoms with van der Waals surface area (Å²) in [5, 5.41) is 39.7. The van der Waals surface area contributed by atoms with Gasteiger partial charge < -0.3 is 20.4 Å². The molecule has 4 nitrogen and oxygen atoms in total. The zero-order valence-corrected chi connectivity index (χ0v) is 17.1. The molecule has 0 aromatic heterocycles. The quantitative estimate of drug-likeness (QED) is 0.367. The number of rotatable bonds is 10. The Balaban J connectivity index is 1.78. The maximum Gasteiger partial charge on any atom is 0.115 e. The van der Waals surface area contributed by atoms with E-state index in [2.05, 4.69) is 11.8 Å². The number of hydrogen-bond donors (Lipinski definition) is 4. The van der Waals surface area contributed by atoms with Crippen LogP contribution in [0.15, 0.2) is 24.3 Å². The van der Waals surface area contributed by atoms with Crippen LogP contribution in [0.1, 0.15) is 68.9 Å². The van der Waals surface area contributed by atoms with Gasteiger partial charge in [0.2, 0.25) is 0 Å². The van der Waals surface area contributed by atoms with Gasteiger partial charge in [-0.3, -0.25) is 0 Å². The maximum absolute atomic E-state index is 10.3. The largest absolute Gasteiger partial charge is 0.396 e. The van der Waals surface area contributed by atoms with Gasteiger partial charge in [-0.1, -0.05) is 55.2 Å². The molecule has 2 unspecified atom stereocenters. The average molecular weight is 389 g/mol. The first kappa shape index (κ1) is 22.9. The van der Waals surface area contributed by atoms with Gasteiger partial charge in [-0.2, -0.15) is 0 Å². The van der Waals surface area contributed by atoms with Crippen LogP contribution in [0, 0.1) is 30.6 Å². The molecule has 0 amide bonds. The molecule has 1 fully saturated rings. The predicted molar refractivity (Wildman–Crippen MR) is 112 cm³/mol. The summed E-state index contributed by atoms with van der Waals surface area (Å²) in [4.78, 5) is 0. The smallest absolute Gasteiger partial charge is 0.115 e. The topological polar surface area (TPSA) is 80.9 Å². The molecule has 0 bridgehead atoms. The molecule has 0 spiro atoms. The van der Waals surface area contributed by atoms with Crippen LogP contribution in [0.2, 0.25) is 0 Å². The van der Waals surface area contributed by atoms with E-state index in [9.17, 15) is 15.3 Å². The van der Waals surface area contributed by atoms with Crippen molar-refractivity contribution in [1.29, 1.82) is 0 Å². The molecular weight excluding hydrogens is 352 g/mol. The van der Waals surface area contributed by atoms with E-state index in [1.807, 2.05) is 31.2 Å². The fourth-order valence-corrected chi connectivity index (χ4v) is 4.23. The van der Waals surface area contributed by atoms with Crippen molar-refractivity contribution >= 4 is 0 Å². The second-order valence-electron chi connectivity index (χ2n) is 8.21. The molecule has 1 aliphatic rings. The standard InChI is InChI=1S/C24H36O4/c1-18-8-10-19(11-9-18)12-13-20(26)14-15-22-21(23(27)17-24(22)28)7-5-3-2-4-6-16-25/h8-11,20-28H,2-7,14-17H2,1H3/t20?,21-,22?,23+,24-/m1/s1. The summed E-state index contributed by atoms with van der Waals surface area (Å²) in [7, 11) is 0. The number of benzene rings is 1. The van der Waals surface area contributed by atoms with E-state index in [4.69, 9.17) is 5.11 Å². The van der Waals surface area contributed by atoms with Crippen LogP contribution in [-0.2, 0) is 0 Å². The van der Waals surface area contributed by atoms with Gasteiger partial charge in [0.1, 0.15) is 6.10 Å². The minimum Gasteiger partial charge on any atom is -0.396 e. The minimum atomic E-state index is -0.717. The van der Waals surface area contributed by atoms with E-state index in [1.165, 1.54) is 5.56 Å². The molecule has 0 radical (unpaired) electrons. The van der Waals surface area contributed by atoms with E-state index in [0.717, 1.165) is 44.1 Å². The highest BCUT2D eigenvalue weighted by molar-refractivity contribution is 5.36. The van der Waals surface area contributed by atoms with Crippen LogP contribution in [-0.4, -0.2) is 45.3 Å². The maximum atomic E-state index is 10.3. The van der Waals surface area contributed by atoms with Crippen LogP contribution >= 0.6 is 0 Å². The van der Waals surface area contributed by atoms with Crippen molar-refractivity contribution in [2.75, 3.05) is 6.61 Å². The molecule has 1 saturated carbocycles. The van der Waals surface area contributed by atoms with Crippen LogP contribution in [0.3, 0.4) is 0 Å². The van der Waals surface area contributed by atoms with E-state index < -0.39 is 18.3 Å². The summed E-state index contributed by atoms with van der Waals surface area (Å²) < 4.78 is 0. The summed E-state index contributed by atoms with van der Waals surface area (Å²) in [6.45, 7) is 2.28. The molecule has 156 valence electrons. The van der Waals surface area contributed by atoms with Crippen molar-refractivity contribution in [1.82, 2.24) is 0 Å². The Morgan fingerprint density at radius 3 is 2.21 bits per heavy atom. The number of aliphatic hydroxyl groups is 4. The van der Waals surface area contributed by atoms with Gasteiger partial charge in [0.15, 0.2) is 0 Å². The van der Waals surface area contributed by atoms with Crippen LogP contribution in [0.5, 0.6) is 0 Å². The van der Waals surface area contributed by atoms with Crippen LogP contribution in [0.25, 0.3) is 0 Å². The highest BCUT2D eigenvalue weighted by Crippen LogP contribution is 2.39. The summed E-state index contributed by atoms with van der Waals surface area (Å²) in [6, 6.07) is 7.90. The Morgan fingerprint density at radius 2 is 1.54 bits per heavy atom. The predicted octanol–water partition coefficient (Wildman–Crippen LogP) is 3.18. The second kappa shape index (κ2) is 12.2. The van der Waals surface area contributed by atoms with E-state index >= 15 is 0 Å². The first-order valence-corrected chi connectivity index (χ1v) is 10.7. The van der Waals surface area contributed by atoms with Crippen molar-refractivity contribution in [2.24, 2.45) is 11.8 Å². The molecule has 5 atom stereocenters. The van der Waals surface area contributed by atoms with Crippen molar-refractivity contribution in [2.45, 2.75) is 83.0 Å². The summed E-state index contributed by atoms with van der Waals surface area (Å²) in [5.41, 5.74) is 2.07. The highest BCUT2D eigenvalue weighted by atomic mass is 16.3. The third kappa shape index (κ3) is 7.56. The van der Waals surface area contributed by atoms with Gasteiger partial charge in [0.25, 0.3) is 0 Å². The van der Waals surface area contributed by atoms with E-state index in [-0.39, 0.29) is 18.4 Å². The zero-order valence-electron chi connectivity index (χ0n) is 17.1. The molecule has 1 aromatic rings. The Kier molecular flexibility index (Phi) is 10.0. The zero-order chi connectivity index (χ0) is 20.4. The minimum absolute atomic E-state index is 0.0308. The van der Waals surface area contributed by atoms with Gasteiger partial charge in [-0.15, -0.1) is 0 Å². The lowest BCUT2D eigenvalue weighted by atomic mass is 9.85. The molecule has 0 heterocycles. The lowest BCUT2D eigenvalue weighted by Crippen LogP contribution is -2.23. The lowest BCUT2D eigenvalue weighted by Gasteiger charge is -2.24. The average Bonchev–Trinajstić information content (AvgIpc) is 2.95. The SMILES string of the molecule is Cc1ccc(C#CC(O)CCC2[C@H](O)C[C@H](O)[C@@H]2CCCCCCCO)cc1. The molecular formula is C24H36O4. The first-order chi connectivity index (χ1) is 13.5. The third-order valence-electron chi connectivity index (χ3n) is 5.93. The lowest BCUT2D eigenvalue weighted by molar-refractivity contribution is 0.0912. The normalized spacial score (nSPS) is 25.3. The van der Waals surface area contributed by atoms with Crippen LogP contribution < -0.4 is 0 Å².